The molecule has 0 aliphatic carbocycles. The SMILES string of the molecule is Cc1cc(C#N)cc(N=C=S)c1. The fourth-order valence-corrected chi connectivity index (χ4v) is 1.05. The van der Waals surface area contributed by atoms with Crippen molar-refractivity contribution >= 4 is 23.1 Å². The lowest BCUT2D eigenvalue weighted by Gasteiger charge is -1.95. The Morgan fingerprint density at radius 2 is 2.17 bits per heavy atom. The van der Waals surface area contributed by atoms with Crippen molar-refractivity contribution in [2.75, 3.05) is 0 Å². The molecule has 58 valence electrons. The van der Waals surface area contributed by atoms with Gasteiger partial charge in [0.1, 0.15) is 0 Å². The first-order chi connectivity index (χ1) is 5.76. The largest absolute Gasteiger partial charge is 0.195 e. The van der Waals surface area contributed by atoms with Crippen molar-refractivity contribution < 1.29 is 0 Å². The van der Waals surface area contributed by atoms with Crippen molar-refractivity contribution in [3.05, 3.63) is 29.3 Å². The molecule has 0 unspecified atom stereocenters. The molecule has 12 heavy (non-hydrogen) atoms. The molecule has 0 saturated carbocycles. The molecule has 1 aromatic carbocycles. The van der Waals surface area contributed by atoms with Gasteiger partial charge in [-0.2, -0.15) is 10.3 Å². The average molecular weight is 174 g/mol. The minimum atomic E-state index is 0.596. The van der Waals surface area contributed by atoms with Crippen LogP contribution in [-0.4, -0.2) is 5.16 Å². The first-order valence-electron chi connectivity index (χ1n) is 3.36. The van der Waals surface area contributed by atoms with Gasteiger partial charge in [-0.15, -0.1) is 0 Å². The third-order valence-corrected chi connectivity index (χ3v) is 1.46. The van der Waals surface area contributed by atoms with Crippen molar-refractivity contribution in [2.45, 2.75) is 6.92 Å². The molecule has 0 N–H and O–H groups in total. The van der Waals surface area contributed by atoms with E-state index in [0.717, 1.165) is 5.56 Å². The molecule has 0 heterocycles. The predicted octanol–water partition coefficient (Wildman–Crippen LogP) is 2.60. The van der Waals surface area contributed by atoms with Crippen LogP contribution in [-0.2, 0) is 0 Å². The van der Waals surface area contributed by atoms with Crippen LogP contribution < -0.4 is 0 Å². The Labute approximate surface area is 76.2 Å². The maximum Gasteiger partial charge on any atom is 0.0992 e. The third kappa shape index (κ3) is 2.00. The summed E-state index contributed by atoms with van der Waals surface area (Å²) in [5, 5.41) is 10.9. The lowest BCUT2D eigenvalue weighted by Crippen LogP contribution is -1.76. The van der Waals surface area contributed by atoms with E-state index in [1.807, 2.05) is 19.1 Å². The summed E-state index contributed by atoms with van der Waals surface area (Å²) < 4.78 is 0. The van der Waals surface area contributed by atoms with E-state index in [-0.39, 0.29) is 0 Å². The second kappa shape index (κ2) is 3.77. The summed E-state index contributed by atoms with van der Waals surface area (Å²) in [6, 6.07) is 7.36. The topological polar surface area (TPSA) is 36.1 Å². The second-order valence-corrected chi connectivity index (χ2v) is 2.55. The Bertz CT molecular complexity index is 384. The number of thiocarbonyl (C=S) groups is 1. The molecule has 1 rings (SSSR count). The zero-order valence-corrected chi connectivity index (χ0v) is 7.35. The van der Waals surface area contributed by atoms with E-state index in [1.54, 1.807) is 12.1 Å². The first-order valence-corrected chi connectivity index (χ1v) is 3.77. The number of hydrogen-bond donors (Lipinski definition) is 0. The molecule has 2 nitrogen and oxygen atoms in total. The quantitative estimate of drug-likeness (QED) is 0.484. The highest BCUT2D eigenvalue weighted by atomic mass is 32.1. The summed E-state index contributed by atoms with van der Waals surface area (Å²) in [5.74, 6) is 0. The average Bonchev–Trinajstić information content (AvgIpc) is 2.04. The fourth-order valence-electron chi connectivity index (χ4n) is 0.945. The van der Waals surface area contributed by atoms with Crippen molar-refractivity contribution in [3.63, 3.8) is 0 Å². The van der Waals surface area contributed by atoms with E-state index in [9.17, 15) is 0 Å². The number of aliphatic imine (C=N–C) groups is 1. The standard InChI is InChI=1S/C9H6N2S/c1-7-2-8(5-10)4-9(3-7)11-6-12/h2-4H,1H3. The van der Waals surface area contributed by atoms with E-state index in [0.29, 0.717) is 11.3 Å². The Morgan fingerprint density at radius 3 is 2.75 bits per heavy atom. The van der Waals surface area contributed by atoms with Gasteiger partial charge in [-0.3, -0.25) is 0 Å². The summed E-state index contributed by atoms with van der Waals surface area (Å²) in [5.41, 5.74) is 2.28. The molecule has 0 fully saturated rings. The van der Waals surface area contributed by atoms with E-state index < -0.39 is 0 Å². The number of benzene rings is 1. The van der Waals surface area contributed by atoms with E-state index in [4.69, 9.17) is 5.26 Å². The van der Waals surface area contributed by atoms with Gasteiger partial charge in [0.15, 0.2) is 0 Å². The van der Waals surface area contributed by atoms with Crippen LogP contribution in [0.3, 0.4) is 0 Å². The summed E-state index contributed by atoms with van der Waals surface area (Å²) in [6.07, 6.45) is 0. The maximum atomic E-state index is 8.62. The van der Waals surface area contributed by atoms with Gasteiger partial charge in [-0.25, -0.2) is 0 Å². The van der Waals surface area contributed by atoms with E-state index in [2.05, 4.69) is 22.4 Å². The minimum absolute atomic E-state index is 0.596. The lowest BCUT2D eigenvalue weighted by molar-refractivity contribution is 1.40. The van der Waals surface area contributed by atoms with Gasteiger partial charge in [0, 0.05) is 0 Å². The van der Waals surface area contributed by atoms with Crippen LogP contribution in [0.25, 0.3) is 0 Å². The summed E-state index contributed by atoms with van der Waals surface area (Å²) in [6.45, 7) is 1.91. The third-order valence-electron chi connectivity index (χ3n) is 1.37. The van der Waals surface area contributed by atoms with Crippen molar-refractivity contribution in [3.8, 4) is 6.07 Å². The second-order valence-electron chi connectivity index (χ2n) is 2.37. The Hall–Kier alpha value is -1.49. The molecule has 0 bridgehead atoms. The van der Waals surface area contributed by atoms with Crippen LogP contribution in [0.1, 0.15) is 11.1 Å². The molecule has 0 aromatic heterocycles. The highest BCUT2D eigenvalue weighted by Crippen LogP contribution is 2.15. The Kier molecular flexibility index (Phi) is 2.71. The number of rotatable bonds is 1. The van der Waals surface area contributed by atoms with E-state index in [1.165, 1.54) is 0 Å². The number of hydrogen-bond acceptors (Lipinski definition) is 3. The molecule has 0 aliphatic heterocycles. The lowest BCUT2D eigenvalue weighted by atomic mass is 10.1. The molecular formula is C9H6N2S. The van der Waals surface area contributed by atoms with Gasteiger partial charge in [-0.1, -0.05) is 0 Å². The number of nitriles is 1. The zero-order chi connectivity index (χ0) is 8.97. The van der Waals surface area contributed by atoms with Gasteiger partial charge in [-0.05, 0) is 42.9 Å². The van der Waals surface area contributed by atoms with Crippen LogP contribution in [0.5, 0.6) is 0 Å². The van der Waals surface area contributed by atoms with Crippen molar-refractivity contribution in [1.82, 2.24) is 0 Å². The fraction of sp³-hybridized carbons (Fsp3) is 0.111. The van der Waals surface area contributed by atoms with Crippen LogP contribution >= 0.6 is 12.2 Å². The number of aryl methyl sites for hydroxylation is 1. The van der Waals surface area contributed by atoms with Gasteiger partial charge >= 0.3 is 0 Å². The number of nitrogens with zero attached hydrogens (tertiary/aromatic N) is 2. The highest BCUT2D eigenvalue weighted by molar-refractivity contribution is 7.78. The van der Waals surface area contributed by atoms with Gasteiger partial charge in [0.2, 0.25) is 0 Å². The van der Waals surface area contributed by atoms with Crippen molar-refractivity contribution in [1.29, 1.82) is 5.26 Å². The highest BCUT2D eigenvalue weighted by Gasteiger charge is 1.94. The molecule has 0 spiro atoms. The van der Waals surface area contributed by atoms with Gasteiger partial charge in [0.25, 0.3) is 0 Å². The monoisotopic (exact) mass is 174 g/mol. The summed E-state index contributed by atoms with van der Waals surface area (Å²) in [4.78, 5) is 3.79. The Balaban J connectivity index is 3.25. The van der Waals surface area contributed by atoms with E-state index >= 15 is 0 Å². The van der Waals surface area contributed by atoms with Crippen molar-refractivity contribution in [2.24, 2.45) is 4.99 Å². The Morgan fingerprint density at radius 1 is 1.42 bits per heavy atom. The van der Waals surface area contributed by atoms with Crippen LogP contribution in [0.2, 0.25) is 0 Å². The zero-order valence-electron chi connectivity index (χ0n) is 6.53. The van der Waals surface area contributed by atoms with Crippen LogP contribution in [0.4, 0.5) is 5.69 Å². The van der Waals surface area contributed by atoms with Gasteiger partial charge < -0.3 is 0 Å². The summed E-state index contributed by atoms with van der Waals surface area (Å²) >= 11 is 4.46. The molecule has 0 aliphatic rings. The van der Waals surface area contributed by atoms with Crippen LogP contribution in [0, 0.1) is 18.3 Å². The molecule has 0 radical (unpaired) electrons. The van der Waals surface area contributed by atoms with Gasteiger partial charge in [0.05, 0.1) is 22.5 Å². The first kappa shape index (κ1) is 8.61. The number of isothiocyanates is 1. The normalized spacial score (nSPS) is 8.33. The van der Waals surface area contributed by atoms with Crippen LogP contribution in [0.15, 0.2) is 23.2 Å². The predicted molar refractivity (Wildman–Crippen MR) is 50.6 cm³/mol. The molecule has 0 amide bonds. The molecule has 1 aromatic rings. The molecule has 3 heteroatoms. The smallest absolute Gasteiger partial charge is 0.0992 e. The molecule has 0 saturated heterocycles. The maximum absolute atomic E-state index is 8.62. The minimum Gasteiger partial charge on any atom is -0.195 e. The summed E-state index contributed by atoms with van der Waals surface area (Å²) in [7, 11) is 0. The molecule has 0 atom stereocenters. The molecular weight excluding hydrogens is 168 g/mol.